The molecule has 0 bridgehead atoms. The fraction of sp³-hybridized carbons (Fsp3) is 0.105. The average Bonchev–Trinajstić information content (AvgIpc) is 2.67. The molecular formula is C19H16F2N4O. The minimum atomic E-state index is -0.387. The summed E-state index contributed by atoms with van der Waals surface area (Å²) in [4.78, 5) is 20.2. The molecule has 0 spiro atoms. The van der Waals surface area contributed by atoms with Crippen LogP contribution in [0.3, 0.4) is 0 Å². The summed E-state index contributed by atoms with van der Waals surface area (Å²) in [6.45, 7) is 0.519. The van der Waals surface area contributed by atoms with Crippen LogP contribution in [-0.4, -0.2) is 15.9 Å². The topological polar surface area (TPSA) is 66.9 Å². The van der Waals surface area contributed by atoms with Crippen molar-refractivity contribution in [1.29, 1.82) is 0 Å². The van der Waals surface area contributed by atoms with Gasteiger partial charge in [-0.05, 0) is 23.8 Å². The molecule has 1 aromatic heterocycles. The molecule has 0 radical (unpaired) electrons. The van der Waals surface area contributed by atoms with Crippen LogP contribution in [0.4, 0.5) is 14.6 Å². The Bertz CT molecular complexity index is 883. The molecule has 26 heavy (non-hydrogen) atoms. The Kier molecular flexibility index (Phi) is 5.48. The van der Waals surface area contributed by atoms with Crippen molar-refractivity contribution in [3.63, 3.8) is 0 Å². The highest BCUT2D eigenvalue weighted by Gasteiger charge is 2.08. The highest BCUT2D eigenvalue weighted by atomic mass is 19.1. The van der Waals surface area contributed by atoms with Gasteiger partial charge in [0.15, 0.2) is 0 Å². The lowest BCUT2D eigenvalue weighted by Gasteiger charge is -2.08. The Morgan fingerprint density at radius 1 is 0.923 bits per heavy atom. The number of nitrogens with zero attached hydrogens (tertiary/aromatic N) is 2. The first-order chi connectivity index (χ1) is 12.6. The Morgan fingerprint density at radius 3 is 2.38 bits per heavy atom. The van der Waals surface area contributed by atoms with Crippen LogP contribution in [0, 0.1) is 11.6 Å². The van der Waals surface area contributed by atoms with Crippen molar-refractivity contribution < 1.29 is 13.6 Å². The molecule has 0 aliphatic rings. The van der Waals surface area contributed by atoms with Gasteiger partial charge < -0.3 is 10.6 Å². The molecule has 3 aromatic rings. The van der Waals surface area contributed by atoms with Crippen LogP contribution in [0.25, 0.3) is 0 Å². The molecule has 0 unspecified atom stereocenters. The summed E-state index contributed by atoms with van der Waals surface area (Å²) < 4.78 is 26.4. The van der Waals surface area contributed by atoms with E-state index in [9.17, 15) is 13.6 Å². The molecule has 0 atom stereocenters. The van der Waals surface area contributed by atoms with Crippen molar-refractivity contribution in [3.8, 4) is 0 Å². The number of amides is 1. The third-order valence-corrected chi connectivity index (χ3v) is 3.67. The van der Waals surface area contributed by atoms with Crippen molar-refractivity contribution in [2.24, 2.45) is 0 Å². The van der Waals surface area contributed by atoms with Gasteiger partial charge in [-0.3, -0.25) is 4.79 Å². The quantitative estimate of drug-likeness (QED) is 0.713. The van der Waals surface area contributed by atoms with Crippen LogP contribution in [-0.2, 0) is 13.1 Å². The largest absolute Gasteiger partial charge is 0.365 e. The van der Waals surface area contributed by atoms with E-state index >= 15 is 0 Å². The fourth-order valence-electron chi connectivity index (χ4n) is 2.24. The zero-order valence-electron chi connectivity index (χ0n) is 13.7. The number of benzene rings is 2. The van der Waals surface area contributed by atoms with Gasteiger partial charge in [0.25, 0.3) is 5.91 Å². The lowest BCUT2D eigenvalue weighted by molar-refractivity contribution is 0.0945. The predicted octanol–water partition coefficient (Wildman–Crippen LogP) is 3.30. The second-order valence-corrected chi connectivity index (χ2v) is 5.54. The summed E-state index contributed by atoms with van der Waals surface area (Å²) >= 11 is 0. The highest BCUT2D eigenvalue weighted by molar-refractivity contribution is 5.91. The molecule has 1 amide bonds. The average molecular weight is 354 g/mol. The van der Waals surface area contributed by atoms with Crippen LogP contribution in [0.1, 0.15) is 21.6 Å². The number of carbonyl (C=O) groups is 1. The van der Waals surface area contributed by atoms with Crippen molar-refractivity contribution in [1.82, 2.24) is 15.3 Å². The van der Waals surface area contributed by atoms with Gasteiger partial charge in [0.05, 0.1) is 12.4 Å². The normalized spacial score (nSPS) is 10.4. The molecule has 0 aliphatic carbocycles. The van der Waals surface area contributed by atoms with Crippen molar-refractivity contribution >= 4 is 11.7 Å². The maximum atomic E-state index is 13.6. The zero-order valence-corrected chi connectivity index (χ0v) is 13.7. The van der Waals surface area contributed by atoms with Gasteiger partial charge in [0.2, 0.25) is 0 Å². The third-order valence-electron chi connectivity index (χ3n) is 3.67. The Morgan fingerprint density at radius 2 is 1.69 bits per heavy atom. The molecule has 132 valence electrons. The maximum Gasteiger partial charge on any atom is 0.271 e. The van der Waals surface area contributed by atoms with Gasteiger partial charge in [-0.25, -0.2) is 18.7 Å². The number of hydrogen-bond donors (Lipinski definition) is 2. The van der Waals surface area contributed by atoms with Gasteiger partial charge in [-0.1, -0.05) is 30.3 Å². The van der Waals surface area contributed by atoms with Crippen molar-refractivity contribution in [2.45, 2.75) is 13.1 Å². The van der Waals surface area contributed by atoms with Gasteiger partial charge in [0, 0.05) is 18.7 Å². The second kappa shape index (κ2) is 8.15. The minimum absolute atomic E-state index is 0.156. The molecule has 0 aliphatic heterocycles. The summed E-state index contributed by atoms with van der Waals surface area (Å²) in [5, 5.41) is 5.64. The molecule has 2 N–H and O–H groups in total. The Hall–Kier alpha value is -3.35. The van der Waals surface area contributed by atoms with E-state index in [2.05, 4.69) is 20.6 Å². The van der Waals surface area contributed by atoms with E-state index in [1.165, 1.54) is 30.6 Å². The lowest BCUT2D eigenvalue weighted by Crippen LogP contribution is -2.24. The Labute approximate surface area is 149 Å². The van der Waals surface area contributed by atoms with Crippen molar-refractivity contribution in [2.75, 3.05) is 5.32 Å². The zero-order chi connectivity index (χ0) is 18.4. The van der Waals surface area contributed by atoms with Crippen LogP contribution in [0.15, 0.2) is 60.9 Å². The van der Waals surface area contributed by atoms with E-state index in [-0.39, 0.29) is 36.3 Å². The molecule has 0 saturated carbocycles. The number of halogens is 2. The number of aromatic nitrogens is 2. The van der Waals surface area contributed by atoms with Crippen LogP contribution in [0.5, 0.6) is 0 Å². The van der Waals surface area contributed by atoms with Gasteiger partial charge in [-0.15, -0.1) is 0 Å². The summed E-state index contributed by atoms with van der Waals surface area (Å²) in [6, 6.07) is 12.3. The molecule has 2 aromatic carbocycles. The van der Waals surface area contributed by atoms with Crippen LogP contribution >= 0.6 is 0 Å². The van der Waals surface area contributed by atoms with Crippen LogP contribution in [0.2, 0.25) is 0 Å². The van der Waals surface area contributed by atoms with E-state index in [1.54, 1.807) is 30.3 Å². The number of carbonyl (C=O) groups excluding carboxylic acids is 1. The van der Waals surface area contributed by atoms with Gasteiger partial charge in [0.1, 0.15) is 23.1 Å². The minimum Gasteiger partial charge on any atom is -0.365 e. The van der Waals surface area contributed by atoms with E-state index < -0.39 is 0 Å². The Balaban J connectivity index is 1.54. The lowest BCUT2D eigenvalue weighted by atomic mass is 10.2. The molecule has 5 nitrogen and oxygen atoms in total. The van der Waals surface area contributed by atoms with E-state index in [1.807, 2.05) is 0 Å². The second-order valence-electron chi connectivity index (χ2n) is 5.54. The molecule has 1 heterocycles. The number of rotatable bonds is 6. The van der Waals surface area contributed by atoms with E-state index in [0.29, 0.717) is 11.4 Å². The van der Waals surface area contributed by atoms with Crippen LogP contribution < -0.4 is 10.6 Å². The predicted molar refractivity (Wildman–Crippen MR) is 93.3 cm³/mol. The highest BCUT2D eigenvalue weighted by Crippen LogP contribution is 2.09. The standard InChI is InChI=1S/C19H16F2N4O/c20-15-7-5-13(6-8-15)9-25-19(26)17-11-24-18(12-22-17)23-10-14-3-1-2-4-16(14)21/h1-8,11-12H,9-10H2,(H,23,24)(H,25,26). The first kappa shape index (κ1) is 17.5. The smallest absolute Gasteiger partial charge is 0.271 e. The number of anilines is 1. The van der Waals surface area contributed by atoms with Gasteiger partial charge in [-0.2, -0.15) is 0 Å². The van der Waals surface area contributed by atoms with E-state index in [0.717, 1.165) is 5.56 Å². The van der Waals surface area contributed by atoms with E-state index in [4.69, 9.17) is 0 Å². The molecule has 0 saturated heterocycles. The third kappa shape index (κ3) is 4.60. The number of nitrogens with one attached hydrogen (secondary N) is 2. The summed E-state index contributed by atoms with van der Waals surface area (Å²) in [6.07, 6.45) is 2.75. The summed E-state index contributed by atoms with van der Waals surface area (Å²) in [5.41, 5.74) is 1.44. The molecular weight excluding hydrogens is 338 g/mol. The first-order valence-electron chi connectivity index (χ1n) is 7.94. The van der Waals surface area contributed by atoms with Crippen molar-refractivity contribution in [3.05, 3.63) is 89.4 Å². The maximum absolute atomic E-state index is 13.6. The van der Waals surface area contributed by atoms with Gasteiger partial charge >= 0.3 is 0 Å². The SMILES string of the molecule is O=C(NCc1ccc(F)cc1)c1cnc(NCc2ccccc2F)cn1. The molecule has 3 rings (SSSR count). The molecule has 0 fully saturated rings. The summed E-state index contributed by atoms with van der Waals surface area (Å²) in [5.74, 6) is -0.583. The first-order valence-corrected chi connectivity index (χ1v) is 7.94. The number of hydrogen-bond acceptors (Lipinski definition) is 4. The summed E-state index contributed by atoms with van der Waals surface area (Å²) in [7, 11) is 0. The monoisotopic (exact) mass is 354 g/mol. The fourth-order valence-corrected chi connectivity index (χ4v) is 2.24. The molecule has 7 heteroatoms.